The molecular weight excluding hydrogens is 262 g/mol. The van der Waals surface area contributed by atoms with E-state index in [1.165, 1.54) is 15.9 Å². The van der Waals surface area contributed by atoms with Crippen molar-refractivity contribution in [2.45, 2.75) is 6.54 Å². The second kappa shape index (κ2) is 3.64. The van der Waals surface area contributed by atoms with E-state index in [0.29, 0.717) is 23.3 Å². The Kier molecular flexibility index (Phi) is 2.05. The van der Waals surface area contributed by atoms with Crippen molar-refractivity contribution in [2.75, 3.05) is 6.54 Å². The van der Waals surface area contributed by atoms with Gasteiger partial charge in [0.2, 0.25) is 5.82 Å². The van der Waals surface area contributed by atoms with Gasteiger partial charge in [-0.05, 0) is 6.07 Å². The topological polar surface area (TPSA) is 64.0 Å². The Balaban J connectivity index is 2.23. The van der Waals surface area contributed by atoms with Gasteiger partial charge in [-0.1, -0.05) is 18.2 Å². The number of carbonyl (C=O) groups excluding carboxylic acids is 1. The largest absolute Gasteiger partial charge is 0.348 e. The molecule has 1 aliphatic heterocycles. The van der Waals surface area contributed by atoms with Crippen LogP contribution in [0.15, 0.2) is 29.1 Å². The van der Waals surface area contributed by atoms with E-state index >= 15 is 0 Å². The lowest BCUT2D eigenvalue weighted by atomic mass is 10.2. The number of nitrogens with one attached hydrogen (secondary N) is 1. The summed E-state index contributed by atoms with van der Waals surface area (Å²) in [4.78, 5) is 29.3. The van der Waals surface area contributed by atoms with Gasteiger partial charge in [0, 0.05) is 23.2 Å². The van der Waals surface area contributed by atoms with Crippen molar-refractivity contribution in [3.05, 3.63) is 40.4 Å². The Morgan fingerprint density at radius 1 is 1.26 bits per heavy atom. The van der Waals surface area contributed by atoms with Crippen LogP contribution in [0, 0.1) is 0 Å². The standard InChI is InChI=1S/C13H9N3O2S/c17-11-10-15-12-9(13(18)16(10)6-5-14-11)7-3-1-2-4-8(7)19-12/h1-4H,5-6H2,(H,14,17). The second-order valence-corrected chi connectivity index (χ2v) is 5.46. The molecule has 1 N–H and O–H groups in total. The molecular formula is C13H9N3O2S. The molecule has 5 nitrogen and oxygen atoms in total. The fraction of sp³-hybridized carbons (Fsp3) is 0.154. The summed E-state index contributed by atoms with van der Waals surface area (Å²) >= 11 is 1.45. The van der Waals surface area contributed by atoms with E-state index in [2.05, 4.69) is 10.3 Å². The van der Waals surface area contributed by atoms with Crippen molar-refractivity contribution < 1.29 is 4.79 Å². The van der Waals surface area contributed by atoms with Crippen LogP contribution in [0.3, 0.4) is 0 Å². The van der Waals surface area contributed by atoms with E-state index in [9.17, 15) is 9.59 Å². The van der Waals surface area contributed by atoms with E-state index in [-0.39, 0.29) is 17.3 Å². The lowest BCUT2D eigenvalue weighted by molar-refractivity contribution is 0.0919. The third-order valence-corrected chi connectivity index (χ3v) is 4.39. The van der Waals surface area contributed by atoms with Crippen molar-refractivity contribution in [3.63, 3.8) is 0 Å². The molecule has 0 aliphatic carbocycles. The lowest BCUT2D eigenvalue weighted by Gasteiger charge is -2.17. The van der Waals surface area contributed by atoms with Crippen LogP contribution in [-0.2, 0) is 6.54 Å². The Labute approximate surface area is 111 Å². The molecule has 4 rings (SSSR count). The summed E-state index contributed by atoms with van der Waals surface area (Å²) in [5.74, 6) is -0.0574. The van der Waals surface area contributed by atoms with Crippen LogP contribution in [0.4, 0.5) is 0 Å². The summed E-state index contributed by atoms with van der Waals surface area (Å²) in [6.07, 6.45) is 0. The van der Waals surface area contributed by atoms with Crippen molar-refractivity contribution in [1.82, 2.24) is 14.9 Å². The van der Waals surface area contributed by atoms with E-state index in [1.807, 2.05) is 24.3 Å². The molecule has 0 fully saturated rings. The Morgan fingerprint density at radius 2 is 2.11 bits per heavy atom. The van der Waals surface area contributed by atoms with Crippen molar-refractivity contribution >= 4 is 37.5 Å². The van der Waals surface area contributed by atoms with Gasteiger partial charge in [-0.3, -0.25) is 14.2 Å². The number of nitrogens with zero attached hydrogens (tertiary/aromatic N) is 2. The van der Waals surface area contributed by atoms with Gasteiger partial charge in [0.1, 0.15) is 4.83 Å². The van der Waals surface area contributed by atoms with Crippen LogP contribution >= 0.6 is 11.3 Å². The summed E-state index contributed by atoms with van der Waals surface area (Å²) < 4.78 is 2.49. The molecule has 0 spiro atoms. The molecule has 0 unspecified atom stereocenters. The number of rotatable bonds is 0. The minimum atomic E-state index is -0.275. The van der Waals surface area contributed by atoms with Crippen LogP contribution in [0.5, 0.6) is 0 Å². The highest BCUT2D eigenvalue weighted by atomic mass is 32.1. The third kappa shape index (κ3) is 1.37. The maximum atomic E-state index is 12.5. The molecule has 0 saturated carbocycles. The van der Waals surface area contributed by atoms with Gasteiger partial charge in [0.25, 0.3) is 11.5 Å². The van der Waals surface area contributed by atoms with Gasteiger partial charge in [-0.25, -0.2) is 4.98 Å². The van der Waals surface area contributed by atoms with Crippen LogP contribution in [-0.4, -0.2) is 22.0 Å². The third-order valence-electron chi connectivity index (χ3n) is 3.32. The second-order valence-electron chi connectivity index (χ2n) is 4.43. The molecule has 3 heterocycles. The van der Waals surface area contributed by atoms with Crippen molar-refractivity contribution in [1.29, 1.82) is 0 Å². The van der Waals surface area contributed by atoms with Gasteiger partial charge in [-0.2, -0.15) is 0 Å². The fourth-order valence-corrected chi connectivity index (χ4v) is 3.51. The number of thiophene rings is 1. The summed E-state index contributed by atoms with van der Waals surface area (Å²) in [5, 5.41) is 4.25. The summed E-state index contributed by atoms with van der Waals surface area (Å²) in [6, 6.07) is 7.73. The zero-order chi connectivity index (χ0) is 13.0. The van der Waals surface area contributed by atoms with Gasteiger partial charge < -0.3 is 5.32 Å². The first kappa shape index (κ1) is 10.7. The molecule has 0 saturated heterocycles. The van der Waals surface area contributed by atoms with Gasteiger partial charge in [0.15, 0.2) is 0 Å². The summed E-state index contributed by atoms with van der Waals surface area (Å²) in [6.45, 7) is 0.952. The number of hydrogen-bond acceptors (Lipinski definition) is 4. The highest BCUT2D eigenvalue weighted by Gasteiger charge is 2.22. The average molecular weight is 271 g/mol. The first-order chi connectivity index (χ1) is 9.25. The molecule has 0 bridgehead atoms. The average Bonchev–Trinajstić information content (AvgIpc) is 2.79. The Bertz CT molecular complexity index is 894. The minimum absolute atomic E-state index is 0.118. The highest BCUT2D eigenvalue weighted by Crippen LogP contribution is 2.30. The molecule has 2 aromatic heterocycles. The van der Waals surface area contributed by atoms with E-state index in [1.54, 1.807) is 0 Å². The number of hydrogen-bond donors (Lipinski definition) is 1. The first-order valence-electron chi connectivity index (χ1n) is 5.96. The quantitative estimate of drug-likeness (QED) is 0.671. The highest BCUT2D eigenvalue weighted by molar-refractivity contribution is 7.25. The first-order valence-corrected chi connectivity index (χ1v) is 6.77. The van der Waals surface area contributed by atoms with Gasteiger partial charge in [0.05, 0.1) is 5.39 Å². The number of aromatic nitrogens is 2. The number of carbonyl (C=O) groups is 1. The molecule has 19 heavy (non-hydrogen) atoms. The molecule has 3 aromatic rings. The smallest absolute Gasteiger partial charge is 0.287 e. The molecule has 0 atom stereocenters. The normalized spacial score (nSPS) is 14.6. The molecule has 1 aromatic carbocycles. The predicted molar refractivity (Wildman–Crippen MR) is 73.7 cm³/mol. The lowest BCUT2D eigenvalue weighted by Crippen LogP contribution is -2.42. The molecule has 1 aliphatic rings. The summed E-state index contributed by atoms with van der Waals surface area (Å²) in [7, 11) is 0. The SMILES string of the molecule is O=C1NCCn2c1nc1sc3ccccc3c1c2=O. The summed E-state index contributed by atoms with van der Waals surface area (Å²) in [5.41, 5.74) is -0.118. The van der Waals surface area contributed by atoms with Crippen LogP contribution in [0.1, 0.15) is 10.6 Å². The van der Waals surface area contributed by atoms with Crippen LogP contribution in [0.2, 0.25) is 0 Å². The van der Waals surface area contributed by atoms with Crippen molar-refractivity contribution in [2.24, 2.45) is 0 Å². The van der Waals surface area contributed by atoms with Crippen LogP contribution < -0.4 is 10.9 Å². The molecule has 0 radical (unpaired) electrons. The Morgan fingerprint density at radius 3 is 3.00 bits per heavy atom. The molecule has 6 heteroatoms. The Hall–Kier alpha value is -2.21. The maximum absolute atomic E-state index is 12.5. The number of amides is 1. The van der Waals surface area contributed by atoms with E-state index in [0.717, 1.165) is 10.1 Å². The van der Waals surface area contributed by atoms with E-state index < -0.39 is 0 Å². The van der Waals surface area contributed by atoms with Gasteiger partial charge in [-0.15, -0.1) is 11.3 Å². The van der Waals surface area contributed by atoms with Gasteiger partial charge >= 0.3 is 0 Å². The van der Waals surface area contributed by atoms with Crippen LogP contribution in [0.25, 0.3) is 20.3 Å². The minimum Gasteiger partial charge on any atom is -0.348 e. The zero-order valence-corrected chi connectivity index (χ0v) is 10.7. The molecule has 94 valence electrons. The number of fused-ring (bicyclic) bond motifs is 4. The zero-order valence-electron chi connectivity index (χ0n) is 9.84. The van der Waals surface area contributed by atoms with Crippen molar-refractivity contribution in [3.8, 4) is 0 Å². The molecule has 1 amide bonds. The maximum Gasteiger partial charge on any atom is 0.287 e. The monoisotopic (exact) mass is 271 g/mol. The predicted octanol–water partition coefficient (Wildman–Crippen LogP) is 1.35. The van der Waals surface area contributed by atoms with E-state index in [4.69, 9.17) is 0 Å². The number of benzene rings is 1. The fourth-order valence-electron chi connectivity index (χ4n) is 2.45.